The molecule has 0 bridgehead atoms. The monoisotopic (exact) mass is 192 g/mol. The number of rotatable bonds is 5. The molecular weight excluding hydrogens is 184 g/mol. The number of halogens is 1. The van der Waals surface area contributed by atoms with Crippen LogP contribution in [0.1, 0.15) is 25.7 Å². The molecule has 0 heterocycles. The van der Waals surface area contributed by atoms with Crippen molar-refractivity contribution in [3.63, 3.8) is 0 Å². The van der Waals surface area contributed by atoms with Gasteiger partial charge in [0.15, 0.2) is 4.69 Å². The summed E-state index contributed by atoms with van der Waals surface area (Å²) in [5.74, 6) is 0. The molecule has 0 aromatic carbocycles. The van der Waals surface area contributed by atoms with Gasteiger partial charge in [0.1, 0.15) is 6.29 Å². The Labute approximate surface area is 62.8 Å². The molecule has 52 valence electrons. The minimum Gasteiger partial charge on any atom is -0.303 e. The van der Waals surface area contributed by atoms with E-state index in [1.807, 2.05) is 0 Å². The SMILES string of the molecule is O=CCCCCC(=O)Br. The first-order valence-electron chi connectivity index (χ1n) is 2.89. The van der Waals surface area contributed by atoms with Gasteiger partial charge in [-0.1, -0.05) is 0 Å². The normalized spacial score (nSPS) is 9.00. The number of unbranched alkanes of at least 4 members (excludes halogenated alkanes) is 2. The van der Waals surface area contributed by atoms with Gasteiger partial charge in [0.25, 0.3) is 0 Å². The first-order chi connectivity index (χ1) is 4.27. The number of carbonyl (C=O) groups excluding carboxylic acids is 2. The van der Waals surface area contributed by atoms with E-state index in [0.717, 1.165) is 19.1 Å². The lowest BCUT2D eigenvalue weighted by atomic mass is 10.2. The molecule has 0 aromatic heterocycles. The van der Waals surface area contributed by atoms with E-state index in [1.54, 1.807) is 0 Å². The van der Waals surface area contributed by atoms with E-state index in [1.165, 1.54) is 0 Å². The lowest BCUT2D eigenvalue weighted by Crippen LogP contribution is -1.85. The molecule has 2 nitrogen and oxygen atoms in total. The van der Waals surface area contributed by atoms with Crippen LogP contribution in [-0.4, -0.2) is 11.0 Å². The van der Waals surface area contributed by atoms with Crippen LogP contribution in [-0.2, 0) is 9.59 Å². The molecule has 9 heavy (non-hydrogen) atoms. The predicted molar refractivity (Wildman–Crippen MR) is 38.5 cm³/mol. The van der Waals surface area contributed by atoms with Crippen molar-refractivity contribution >= 4 is 26.9 Å². The first kappa shape index (κ1) is 8.82. The third kappa shape index (κ3) is 7.82. The van der Waals surface area contributed by atoms with E-state index < -0.39 is 0 Å². The molecule has 0 atom stereocenters. The van der Waals surface area contributed by atoms with Crippen LogP contribution in [0.15, 0.2) is 0 Å². The van der Waals surface area contributed by atoms with Gasteiger partial charge >= 0.3 is 0 Å². The van der Waals surface area contributed by atoms with E-state index in [9.17, 15) is 9.59 Å². The van der Waals surface area contributed by atoms with Crippen LogP contribution in [0.2, 0.25) is 0 Å². The van der Waals surface area contributed by atoms with E-state index >= 15 is 0 Å². The summed E-state index contributed by atoms with van der Waals surface area (Å²) < 4.78 is 0.0217. The average molecular weight is 193 g/mol. The van der Waals surface area contributed by atoms with Crippen molar-refractivity contribution in [3.8, 4) is 0 Å². The summed E-state index contributed by atoms with van der Waals surface area (Å²) in [6.07, 6.45) is 3.61. The molecule has 0 radical (unpaired) electrons. The standard InChI is InChI=1S/C6H9BrO2/c7-6(9)4-2-1-3-5-8/h5H,1-4H2. The number of hydrogen-bond acceptors (Lipinski definition) is 2. The summed E-state index contributed by atoms with van der Waals surface area (Å²) in [5, 5.41) is 0. The van der Waals surface area contributed by atoms with Crippen LogP contribution >= 0.6 is 15.9 Å². The van der Waals surface area contributed by atoms with E-state index in [-0.39, 0.29) is 4.69 Å². The van der Waals surface area contributed by atoms with Gasteiger partial charge in [-0.15, -0.1) is 0 Å². The molecule has 0 rings (SSSR count). The van der Waals surface area contributed by atoms with Crippen molar-refractivity contribution in [1.29, 1.82) is 0 Å². The molecule has 0 amide bonds. The highest BCUT2D eigenvalue weighted by Crippen LogP contribution is 2.01. The van der Waals surface area contributed by atoms with Crippen molar-refractivity contribution in [3.05, 3.63) is 0 Å². The second-order valence-corrected chi connectivity index (χ2v) is 2.65. The van der Waals surface area contributed by atoms with Gasteiger partial charge in [0.2, 0.25) is 0 Å². The third-order valence-electron chi connectivity index (χ3n) is 0.945. The fraction of sp³-hybridized carbons (Fsp3) is 0.667. The Morgan fingerprint density at radius 3 is 2.56 bits per heavy atom. The predicted octanol–water partition coefficient (Wildman–Crippen LogP) is 1.67. The zero-order valence-corrected chi connectivity index (χ0v) is 6.69. The second kappa shape index (κ2) is 5.95. The molecule has 0 saturated carbocycles. The number of hydrogen-bond donors (Lipinski definition) is 0. The smallest absolute Gasteiger partial charge is 0.197 e. The van der Waals surface area contributed by atoms with E-state index in [0.29, 0.717) is 12.8 Å². The van der Waals surface area contributed by atoms with Gasteiger partial charge in [-0.3, -0.25) is 4.79 Å². The average Bonchev–Trinajstić information content (AvgIpc) is 1.80. The van der Waals surface area contributed by atoms with Gasteiger partial charge in [0.05, 0.1) is 0 Å². The van der Waals surface area contributed by atoms with Crippen molar-refractivity contribution < 1.29 is 9.59 Å². The van der Waals surface area contributed by atoms with Crippen LogP contribution in [0.4, 0.5) is 0 Å². The van der Waals surface area contributed by atoms with Crippen LogP contribution in [0.3, 0.4) is 0 Å². The minimum atomic E-state index is 0.0217. The Balaban J connectivity index is 2.91. The zero-order valence-electron chi connectivity index (χ0n) is 5.10. The van der Waals surface area contributed by atoms with Gasteiger partial charge in [0, 0.05) is 12.8 Å². The molecule has 0 aromatic rings. The molecule has 0 fully saturated rings. The molecule has 0 unspecified atom stereocenters. The molecule has 0 aliphatic heterocycles. The Morgan fingerprint density at radius 2 is 2.11 bits per heavy atom. The van der Waals surface area contributed by atoms with Gasteiger partial charge in [-0.25, -0.2) is 0 Å². The Morgan fingerprint density at radius 1 is 1.44 bits per heavy atom. The summed E-state index contributed by atoms with van der Waals surface area (Å²) in [6.45, 7) is 0. The van der Waals surface area contributed by atoms with Crippen LogP contribution < -0.4 is 0 Å². The maximum Gasteiger partial charge on any atom is 0.197 e. The molecule has 3 heteroatoms. The van der Waals surface area contributed by atoms with Crippen molar-refractivity contribution in [2.75, 3.05) is 0 Å². The maximum absolute atomic E-state index is 10.2. The highest BCUT2D eigenvalue weighted by atomic mass is 79.9. The quantitative estimate of drug-likeness (QED) is 0.378. The number of carbonyl (C=O) groups is 2. The van der Waals surface area contributed by atoms with E-state index in [2.05, 4.69) is 15.9 Å². The summed E-state index contributed by atoms with van der Waals surface area (Å²) in [5.41, 5.74) is 0. The number of aldehydes is 1. The summed E-state index contributed by atoms with van der Waals surface area (Å²) in [7, 11) is 0. The second-order valence-electron chi connectivity index (χ2n) is 1.77. The minimum absolute atomic E-state index is 0.0217. The Kier molecular flexibility index (Phi) is 5.83. The Hall–Kier alpha value is -0.180. The van der Waals surface area contributed by atoms with E-state index in [4.69, 9.17) is 0 Å². The Bertz CT molecular complexity index is 101. The van der Waals surface area contributed by atoms with Crippen LogP contribution in [0.5, 0.6) is 0 Å². The fourth-order valence-electron chi connectivity index (χ4n) is 0.492. The first-order valence-corrected chi connectivity index (χ1v) is 3.68. The summed E-state index contributed by atoms with van der Waals surface area (Å²) in [6, 6.07) is 0. The van der Waals surface area contributed by atoms with Crippen molar-refractivity contribution in [2.24, 2.45) is 0 Å². The molecule has 0 aliphatic carbocycles. The lowest BCUT2D eigenvalue weighted by molar-refractivity contribution is -0.111. The summed E-state index contributed by atoms with van der Waals surface area (Å²) >= 11 is 2.80. The molecule has 0 aliphatic rings. The fourth-order valence-corrected chi connectivity index (χ4v) is 0.772. The largest absolute Gasteiger partial charge is 0.303 e. The van der Waals surface area contributed by atoms with Crippen molar-refractivity contribution in [2.45, 2.75) is 25.7 Å². The molecule has 0 spiro atoms. The lowest BCUT2D eigenvalue weighted by Gasteiger charge is -1.89. The molecule has 0 N–H and O–H groups in total. The zero-order chi connectivity index (χ0) is 7.11. The highest BCUT2D eigenvalue weighted by molar-refractivity contribution is 9.18. The summed E-state index contributed by atoms with van der Waals surface area (Å²) in [4.78, 5) is 20.0. The highest BCUT2D eigenvalue weighted by Gasteiger charge is 1.93. The molecule has 0 saturated heterocycles. The van der Waals surface area contributed by atoms with Crippen LogP contribution in [0, 0.1) is 0 Å². The third-order valence-corrected chi connectivity index (χ3v) is 1.34. The van der Waals surface area contributed by atoms with Gasteiger partial charge < -0.3 is 4.79 Å². The van der Waals surface area contributed by atoms with Crippen LogP contribution in [0.25, 0.3) is 0 Å². The van der Waals surface area contributed by atoms with Gasteiger partial charge in [-0.2, -0.15) is 0 Å². The topological polar surface area (TPSA) is 34.1 Å². The molecular formula is C6H9BrO2. The van der Waals surface area contributed by atoms with Gasteiger partial charge in [-0.05, 0) is 28.8 Å². The van der Waals surface area contributed by atoms with Crippen molar-refractivity contribution in [1.82, 2.24) is 0 Å². The maximum atomic E-state index is 10.2.